The van der Waals surface area contributed by atoms with E-state index in [1.54, 1.807) is 16.7 Å². The fourth-order valence-electron chi connectivity index (χ4n) is 2.17. The Balaban J connectivity index is 1.52. The van der Waals surface area contributed by atoms with Gasteiger partial charge in [-0.15, -0.1) is 11.3 Å². The minimum absolute atomic E-state index is 0.0970. The third-order valence-electron chi connectivity index (χ3n) is 3.29. The SMILES string of the molecule is O=C(Cn1c(-c2cccs2)n[nH]c1=S)NCCOc1cccc(Cl)c1. The summed E-state index contributed by atoms with van der Waals surface area (Å²) in [6.45, 7) is 0.825. The summed E-state index contributed by atoms with van der Waals surface area (Å²) in [7, 11) is 0. The first-order valence-electron chi connectivity index (χ1n) is 7.47. The second-order valence-electron chi connectivity index (χ2n) is 5.07. The molecule has 0 radical (unpaired) electrons. The van der Waals surface area contributed by atoms with Crippen molar-refractivity contribution in [2.24, 2.45) is 0 Å². The topological polar surface area (TPSA) is 71.9 Å². The van der Waals surface area contributed by atoms with Crippen LogP contribution in [0.1, 0.15) is 0 Å². The van der Waals surface area contributed by atoms with Crippen molar-refractivity contribution in [1.82, 2.24) is 20.1 Å². The van der Waals surface area contributed by atoms with Gasteiger partial charge in [-0.05, 0) is 41.9 Å². The molecule has 0 saturated heterocycles. The first-order valence-corrected chi connectivity index (χ1v) is 9.14. The summed E-state index contributed by atoms with van der Waals surface area (Å²) in [6.07, 6.45) is 0. The number of nitrogens with zero attached hydrogens (tertiary/aromatic N) is 2. The zero-order chi connectivity index (χ0) is 17.6. The number of carbonyl (C=O) groups excluding carboxylic acids is 1. The van der Waals surface area contributed by atoms with Crippen LogP contribution in [-0.4, -0.2) is 33.8 Å². The predicted octanol–water partition coefficient (Wildman–Crippen LogP) is 3.52. The number of thiophene rings is 1. The van der Waals surface area contributed by atoms with Gasteiger partial charge in [0.1, 0.15) is 18.9 Å². The van der Waals surface area contributed by atoms with Crippen molar-refractivity contribution in [2.45, 2.75) is 6.54 Å². The van der Waals surface area contributed by atoms with Crippen LogP contribution >= 0.6 is 35.2 Å². The number of amides is 1. The Morgan fingerprint density at radius 2 is 2.28 bits per heavy atom. The molecule has 2 heterocycles. The largest absolute Gasteiger partial charge is 0.492 e. The van der Waals surface area contributed by atoms with Gasteiger partial charge in [0.25, 0.3) is 0 Å². The van der Waals surface area contributed by atoms with Crippen LogP contribution in [0.2, 0.25) is 5.02 Å². The molecule has 25 heavy (non-hydrogen) atoms. The molecule has 2 aromatic heterocycles. The van der Waals surface area contributed by atoms with Gasteiger partial charge in [-0.2, -0.15) is 5.10 Å². The predicted molar refractivity (Wildman–Crippen MR) is 101 cm³/mol. The minimum atomic E-state index is -0.162. The molecule has 6 nitrogen and oxygen atoms in total. The first kappa shape index (κ1) is 17.7. The third-order valence-corrected chi connectivity index (χ3v) is 4.70. The van der Waals surface area contributed by atoms with Crippen LogP contribution in [-0.2, 0) is 11.3 Å². The molecule has 3 rings (SSSR count). The van der Waals surface area contributed by atoms with Gasteiger partial charge in [-0.25, -0.2) is 0 Å². The summed E-state index contributed by atoms with van der Waals surface area (Å²) in [5.74, 6) is 1.16. The Labute approximate surface area is 158 Å². The standard InChI is InChI=1S/C16H15ClN4O2S2/c17-11-3-1-4-12(9-11)23-7-6-18-14(22)10-21-15(19-20-16(21)24)13-5-2-8-25-13/h1-5,8-9H,6-7,10H2,(H,18,22)(H,20,24). The molecule has 1 amide bonds. The number of aromatic nitrogens is 3. The molecule has 1 aromatic carbocycles. The molecule has 9 heteroatoms. The van der Waals surface area contributed by atoms with Gasteiger partial charge >= 0.3 is 0 Å². The minimum Gasteiger partial charge on any atom is -0.492 e. The highest BCUT2D eigenvalue weighted by atomic mass is 35.5. The molecule has 0 aliphatic heterocycles. The molecule has 0 fully saturated rings. The molecule has 0 aliphatic rings. The van der Waals surface area contributed by atoms with E-state index < -0.39 is 0 Å². The summed E-state index contributed by atoms with van der Waals surface area (Å²) in [6, 6.07) is 11.0. The number of H-pyrrole nitrogens is 1. The number of halogens is 1. The average Bonchev–Trinajstić information content (AvgIpc) is 3.23. The van der Waals surface area contributed by atoms with Gasteiger partial charge in [0, 0.05) is 5.02 Å². The molecular weight excluding hydrogens is 380 g/mol. The van der Waals surface area contributed by atoms with Crippen molar-refractivity contribution in [1.29, 1.82) is 0 Å². The fraction of sp³-hybridized carbons (Fsp3) is 0.188. The van der Waals surface area contributed by atoms with Crippen LogP contribution in [0, 0.1) is 4.77 Å². The van der Waals surface area contributed by atoms with Gasteiger partial charge in [0.05, 0.1) is 11.4 Å². The molecule has 0 saturated carbocycles. The molecule has 0 atom stereocenters. The van der Waals surface area contributed by atoms with E-state index in [-0.39, 0.29) is 12.5 Å². The molecule has 0 aliphatic carbocycles. The Hall–Kier alpha value is -2.16. The molecule has 2 N–H and O–H groups in total. The molecule has 0 spiro atoms. The van der Waals surface area contributed by atoms with Crippen LogP contribution in [0.25, 0.3) is 10.7 Å². The van der Waals surface area contributed by atoms with Gasteiger partial charge < -0.3 is 10.1 Å². The maximum absolute atomic E-state index is 12.2. The lowest BCUT2D eigenvalue weighted by molar-refractivity contribution is -0.121. The number of hydrogen-bond donors (Lipinski definition) is 2. The maximum Gasteiger partial charge on any atom is 0.240 e. The van der Waals surface area contributed by atoms with Crippen LogP contribution in [0.5, 0.6) is 5.75 Å². The maximum atomic E-state index is 12.2. The smallest absolute Gasteiger partial charge is 0.240 e. The summed E-state index contributed by atoms with van der Waals surface area (Å²) in [5, 5.41) is 12.3. The van der Waals surface area contributed by atoms with Crippen LogP contribution in [0.4, 0.5) is 0 Å². The quantitative estimate of drug-likeness (QED) is 0.475. The summed E-state index contributed by atoms with van der Waals surface area (Å²) >= 11 is 12.6. The molecule has 0 unspecified atom stereocenters. The number of aromatic amines is 1. The average molecular weight is 395 g/mol. The lowest BCUT2D eigenvalue weighted by Crippen LogP contribution is -2.31. The van der Waals surface area contributed by atoms with Crippen molar-refractivity contribution >= 4 is 41.1 Å². The van der Waals surface area contributed by atoms with E-state index in [1.165, 1.54) is 11.3 Å². The Morgan fingerprint density at radius 3 is 3.04 bits per heavy atom. The third kappa shape index (κ3) is 4.68. The lowest BCUT2D eigenvalue weighted by atomic mass is 10.3. The van der Waals surface area contributed by atoms with E-state index in [1.807, 2.05) is 29.6 Å². The van der Waals surface area contributed by atoms with Crippen molar-refractivity contribution in [3.05, 3.63) is 51.6 Å². The van der Waals surface area contributed by atoms with Crippen molar-refractivity contribution in [2.75, 3.05) is 13.2 Å². The molecule has 3 aromatic rings. The Bertz CT molecular complexity index is 905. The summed E-state index contributed by atoms with van der Waals surface area (Å²) < 4.78 is 7.62. The zero-order valence-electron chi connectivity index (χ0n) is 13.1. The van der Waals surface area contributed by atoms with Gasteiger partial charge in [0.15, 0.2) is 10.6 Å². The normalized spacial score (nSPS) is 10.6. The van der Waals surface area contributed by atoms with Crippen LogP contribution < -0.4 is 10.1 Å². The van der Waals surface area contributed by atoms with Crippen LogP contribution in [0.3, 0.4) is 0 Å². The van der Waals surface area contributed by atoms with E-state index in [4.69, 9.17) is 28.6 Å². The van der Waals surface area contributed by atoms with Gasteiger partial charge in [-0.3, -0.25) is 14.5 Å². The number of nitrogens with one attached hydrogen (secondary N) is 2. The highest BCUT2D eigenvalue weighted by Gasteiger charge is 2.12. The highest BCUT2D eigenvalue weighted by Crippen LogP contribution is 2.22. The Kier molecular flexibility index (Phi) is 5.85. The van der Waals surface area contributed by atoms with Crippen molar-refractivity contribution in [3.63, 3.8) is 0 Å². The van der Waals surface area contributed by atoms with Crippen molar-refractivity contribution < 1.29 is 9.53 Å². The molecule has 130 valence electrons. The van der Waals surface area contributed by atoms with E-state index in [9.17, 15) is 4.79 Å². The zero-order valence-corrected chi connectivity index (χ0v) is 15.5. The van der Waals surface area contributed by atoms with E-state index in [0.717, 1.165) is 4.88 Å². The second-order valence-corrected chi connectivity index (χ2v) is 6.84. The molecular formula is C16H15ClN4O2S2. The highest BCUT2D eigenvalue weighted by molar-refractivity contribution is 7.71. The lowest BCUT2D eigenvalue weighted by Gasteiger charge is -2.09. The van der Waals surface area contributed by atoms with Crippen LogP contribution in [0.15, 0.2) is 41.8 Å². The van der Waals surface area contributed by atoms with E-state index >= 15 is 0 Å². The fourth-order valence-corrected chi connectivity index (χ4v) is 3.27. The number of ether oxygens (including phenoxy) is 1. The Morgan fingerprint density at radius 1 is 1.40 bits per heavy atom. The van der Waals surface area contributed by atoms with E-state index in [2.05, 4.69) is 15.5 Å². The summed E-state index contributed by atoms with van der Waals surface area (Å²) in [5.41, 5.74) is 0. The number of benzene rings is 1. The van der Waals surface area contributed by atoms with E-state index in [0.29, 0.717) is 34.5 Å². The number of hydrogen-bond acceptors (Lipinski definition) is 5. The number of carbonyl (C=O) groups is 1. The second kappa shape index (κ2) is 8.28. The van der Waals surface area contributed by atoms with Gasteiger partial charge in [0.2, 0.25) is 5.91 Å². The molecule has 0 bridgehead atoms. The van der Waals surface area contributed by atoms with Crippen molar-refractivity contribution in [3.8, 4) is 16.5 Å². The number of rotatable bonds is 7. The van der Waals surface area contributed by atoms with Gasteiger partial charge in [-0.1, -0.05) is 23.7 Å². The monoisotopic (exact) mass is 394 g/mol. The summed E-state index contributed by atoms with van der Waals surface area (Å²) in [4.78, 5) is 13.1. The first-order chi connectivity index (χ1) is 12.1.